The maximum Gasteiger partial charge on any atom is 0.228 e. The molecule has 2 aliphatic heterocycles. The van der Waals surface area contributed by atoms with Gasteiger partial charge in [0.1, 0.15) is 24.5 Å². The summed E-state index contributed by atoms with van der Waals surface area (Å²) in [5.41, 5.74) is 1.61. The molecule has 3 heterocycles. The van der Waals surface area contributed by atoms with Gasteiger partial charge in [-0.05, 0) is 69.5 Å². The lowest BCUT2D eigenvalue weighted by atomic mass is 10.0. The molecule has 0 bridgehead atoms. The van der Waals surface area contributed by atoms with E-state index in [0.29, 0.717) is 63.5 Å². The zero-order valence-electron chi connectivity index (χ0n) is 26.2. The van der Waals surface area contributed by atoms with Crippen LogP contribution in [0.4, 0.5) is 11.5 Å². The molecule has 2 aliphatic rings. The number of carbonyl (C=O) groups excluding carboxylic acids is 1. The van der Waals surface area contributed by atoms with Crippen LogP contribution in [0.3, 0.4) is 0 Å². The summed E-state index contributed by atoms with van der Waals surface area (Å²) in [5, 5.41) is 8.22. The standard InChI is InChI=1S/C33H46N6O5/c1-4-25(2)44-28-10-8-27(9-11-28)39(24-40)38-16-14-37(15-17-38)33-29-21-31(43-20-19-41-3)32(22-30(29)35-23-36-33)42-18-12-26-7-5-6-13-34-26/h8-11,21-26,34H,4-7,12-20H2,1-3H3. The molecule has 0 aliphatic carbocycles. The van der Waals surface area contributed by atoms with E-state index in [4.69, 9.17) is 18.9 Å². The van der Waals surface area contributed by atoms with Crippen LogP contribution in [0, 0.1) is 0 Å². The van der Waals surface area contributed by atoms with Crippen LogP contribution in [0.5, 0.6) is 17.2 Å². The molecule has 1 N–H and O–H groups in total. The average Bonchev–Trinajstić information content (AvgIpc) is 3.06. The number of amides is 1. The Hall–Kier alpha value is -3.67. The lowest BCUT2D eigenvalue weighted by Gasteiger charge is -2.40. The summed E-state index contributed by atoms with van der Waals surface area (Å²) in [6.45, 7) is 9.41. The average molecular weight is 607 g/mol. The molecular weight excluding hydrogens is 560 g/mol. The smallest absolute Gasteiger partial charge is 0.228 e. The zero-order chi connectivity index (χ0) is 30.7. The maximum atomic E-state index is 12.2. The fourth-order valence-corrected chi connectivity index (χ4v) is 5.65. The van der Waals surface area contributed by atoms with Gasteiger partial charge < -0.3 is 29.2 Å². The third-order valence-corrected chi connectivity index (χ3v) is 8.33. The molecule has 0 saturated carbocycles. The second-order valence-electron chi connectivity index (χ2n) is 11.4. The number of hydrazine groups is 1. The van der Waals surface area contributed by atoms with E-state index < -0.39 is 0 Å². The highest BCUT2D eigenvalue weighted by Crippen LogP contribution is 2.36. The van der Waals surface area contributed by atoms with Crippen molar-refractivity contribution in [2.45, 2.75) is 58.1 Å². The second-order valence-corrected chi connectivity index (χ2v) is 11.4. The Labute approximate surface area is 260 Å². The summed E-state index contributed by atoms with van der Waals surface area (Å²) >= 11 is 0. The van der Waals surface area contributed by atoms with E-state index in [-0.39, 0.29) is 6.10 Å². The lowest BCUT2D eigenvalue weighted by Crippen LogP contribution is -2.54. The number of hydrogen-bond donors (Lipinski definition) is 1. The van der Waals surface area contributed by atoms with Gasteiger partial charge >= 0.3 is 0 Å². The van der Waals surface area contributed by atoms with E-state index in [1.54, 1.807) is 18.4 Å². The molecular formula is C33H46N6O5. The molecule has 238 valence electrons. The molecule has 0 spiro atoms. The molecule has 1 amide bonds. The third kappa shape index (κ3) is 8.08. The number of ether oxygens (including phenoxy) is 4. The number of anilines is 2. The number of benzene rings is 2. The Bertz CT molecular complexity index is 1330. The van der Waals surface area contributed by atoms with E-state index >= 15 is 0 Å². The molecule has 2 aromatic carbocycles. The van der Waals surface area contributed by atoms with Crippen molar-refractivity contribution in [2.24, 2.45) is 0 Å². The molecule has 1 aromatic heterocycles. The molecule has 2 fully saturated rings. The van der Waals surface area contributed by atoms with Gasteiger partial charge in [0, 0.05) is 50.8 Å². The predicted octanol–water partition coefficient (Wildman–Crippen LogP) is 4.44. The van der Waals surface area contributed by atoms with E-state index in [1.807, 2.05) is 43.3 Å². The number of nitrogens with one attached hydrogen (secondary N) is 1. The molecule has 11 nitrogen and oxygen atoms in total. The van der Waals surface area contributed by atoms with Crippen LogP contribution >= 0.6 is 0 Å². The number of piperazine rings is 1. The van der Waals surface area contributed by atoms with Gasteiger partial charge in [-0.2, -0.15) is 0 Å². The summed E-state index contributed by atoms with van der Waals surface area (Å²) in [6.07, 6.45) is 8.19. The highest BCUT2D eigenvalue weighted by atomic mass is 16.5. The highest BCUT2D eigenvalue weighted by molar-refractivity contribution is 5.92. The summed E-state index contributed by atoms with van der Waals surface area (Å²) in [7, 11) is 1.66. The van der Waals surface area contributed by atoms with Crippen LogP contribution in [0.15, 0.2) is 42.7 Å². The van der Waals surface area contributed by atoms with Crippen molar-refractivity contribution in [1.82, 2.24) is 20.3 Å². The summed E-state index contributed by atoms with van der Waals surface area (Å²) in [5.74, 6) is 2.98. The van der Waals surface area contributed by atoms with E-state index in [1.165, 1.54) is 19.3 Å². The van der Waals surface area contributed by atoms with Crippen molar-refractivity contribution in [1.29, 1.82) is 0 Å². The first-order valence-electron chi connectivity index (χ1n) is 15.9. The largest absolute Gasteiger partial charge is 0.491 e. The van der Waals surface area contributed by atoms with E-state index in [2.05, 4.69) is 32.1 Å². The van der Waals surface area contributed by atoms with Crippen LogP contribution in [0.25, 0.3) is 10.9 Å². The van der Waals surface area contributed by atoms with Crippen LogP contribution in [-0.2, 0) is 9.53 Å². The third-order valence-electron chi connectivity index (χ3n) is 8.33. The molecule has 2 atom stereocenters. The number of hydrogen-bond acceptors (Lipinski definition) is 10. The Morgan fingerprint density at radius 2 is 1.80 bits per heavy atom. The van der Waals surface area contributed by atoms with Gasteiger partial charge in [-0.15, -0.1) is 0 Å². The molecule has 2 unspecified atom stereocenters. The van der Waals surface area contributed by atoms with Gasteiger partial charge in [0.25, 0.3) is 0 Å². The van der Waals surface area contributed by atoms with Gasteiger partial charge in [0.2, 0.25) is 6.41 Å². The Morgan fingerprint density at radius 3 is 2.50 bits per heavy atom. The minimum atomic E-state index is 0.143. The van der Waals surface area contributed by atoms with Gasteiger partial charge in [0.05, 0.1) is 30.5 Å². The number of methoxy groups -OCH3 is 1. The molecule has 2 saturated heterocycles. The van der Waals surface area contributed by atoms with Gasteiger partial charge in [-0.25, -0.2) is 20.0 Å². The first kappa shape index (κ1) is 31.7. The molecule has 5 rings (SSSR count). The zero-order valence-corrected chi connectivity index (χ0v) is 26.2. The van der Waals surface area contributed by atoms with E-state index in [0.717, 1.165) is 54.0 Å². The number of nitrogens with zero attached hydrogens (tertiary/aromatic N) is 5. The van der Waals surface area contributed by atoms with Crippen LogP contribution in [0.2, 0.25) is 0 Å². The Kier molecular flexibility index (Phi) is 11.5. The second kappa shape index (κ2) is 15.9. The highest BCUT2D eigenvalue weighted by Gasteiger charge is 2.25. The minimum Gasteiger partial charge on any atom is -0.491 e. The fraction of sp³-hybridized carbons (Fsp3) is 0.545. The quantitative estimate of drug-likeness (QED) is 0.197. The van der Waals surface area contributed by atoms with Crippen molar-refractivity contribution in [3.63, 3.8) is 0 Å². The summed E-state index contributed by atoms with van der Waals surface area (Å²) in [4.78, 5) is 23.7. The maximum absolute atomic E-state index is 12.2. The van der Waals surface area contributed by atoms with Crippen molar-refractivity contribution in [3.8, 4) is 17.2 Å². The topological polar surface area (TPSA) is 102 Å². The minimum absolute atomic E-state index is 0.143. The SMILES string of the molecule is CCC(C)Oc1ccc(N(C=O)N2CCN(c3ncnc4cc(OCCC5CCCCN5)c(OCCOC)cc34)CC2)cc1. The van der Waals surface area contributed by atoms with Crippen molar-refractivity contribution in [2.75, 3.05) is 69.6 Å². The Morgan fingerprint density at radius 1 is 1.02 bits per heavy atom. The van der Waals surface area contributed by atoms with Crippen molar-refractivity contribution >= 4 is 28.8 Å². The van der Waals surface area contributed by atoms with Gasteiger partial charge in [-0.1, -0.05) is 13.3 Å². The van der Waals surface area contributed by atoms with Gasteiger partial charge in [0.15, 0.2) is 11.5 Å². The van der Waals surface area contributed by atoms with Crippen LogP contribution in [-0.4, -0.2) is 93.2 Å². The number of fused-ring (bicyclic) bond motifs is 1. The van der Waals surface area contributed by atoms with Crippen molar-refractivity contribution < 1.29 is 23.7 Å². The number of rotatable bonds is 15. The monoisotopic (exact) mass is 606 g/mol. The lowest BCUT2D eigenvalue weighted by molar-refractivity contribution is -0.110. The van der Waals surface area contributed by atoms with Gasteiger partial charge in [-0.3, -0.25) is 4.79 Å². The number of piperidine rings is 1. The molecule has 11 heteroatoms. The van der Waals surface area contributed by atoms with Crippen LogP contribution < -0.4 is 29.4 Å². The Balaban J connectivity index is 1.27. The van der Waals surface area contributed by atoms with E-state index in [9.17, 15) is 4.79 Å². The molecule has 3 aromatic rings. The fourth-order valence-electron chi connectivity index (χ4n) is 5.65. The molecule has 44 heavy (non-hydrogen) atoms. The first-order valence-corrected chi connectivity index (χ1v) is 15.9. The normalized spacial score (nSPS) is 18.2. The molecule has 0 radical (unpaired) electrons. The predicted molar refractivity (Wildman–Crippen MR) is 172 cm³/mol. The summed E-state index contributed by atoms with van der Waals surface area (Å²) < 4.78 is 23.5. The first-order chi connectivity index (χ1) is 21.6. The number of aromatic nitrogens is 2. The number of carbonyl (C=O) groups is 1. The summed E-state index contributed by atoms with van der Waals surface area (Å²) in [6, 6.07) is 12.1. The van der Waals surface area contributed by atoms with Crippen LogP contribution in [0.1, 0.15) is 46.0 Å². The van der Waals surface area contributed by atoms with Crippen molar-refractivity contribution in [3.05, 3.63) is 42.7 Å².